The van der Waals surface area contributed by atoms with Gasteiger partial charge in [0.05, 0.1) is 26.4 Å². The number of esters is 4. The second-order valence-electron chi connectivity index (χ2n) is 27.0. The van der Waals surface area contributed by atoms with Gasteiger partial charge in [0.2, 0.25) is 0 Å². The summed E-state index contributed by atoms with van der Waals surface area (Å²) in [7, 11) is -10.0. The topological polar surface area (TPSA) is 237 Å². The smallest absolute Gasteiger partial charge is 0.462 e. The van der Waals surface area contributed by atoms with Crippen molar-refractivity contribution in [3.63, 3.8) is 0 Å². The van der Waals surface area contributed by atoms with Crippen molar-refractivity contribution in [2.45, 2.75) is 341 Å². The first-order chi connectivity index (χ1) is 51.7. The summed E-state index contributed by atoms with van der Waals surface area (Å²) in [4.78, 5) is 73.1. The van der Waals surface area contributed by atoms with Crippen LogP contribution in [0.1, 0.15) is 323 Å². The number of aliphatic hydroxyl groups excluding tert-OH is 1. The predicted molar refractivity (Wildman–Crippen MR) is 436 cm³/mol. The van der Waals surface area contributed by atoms with Crippen LogP contribution in [0.3, 0.4) is 0 Å². The zero-order chi connectivity index (χ0) is 77.4. The van der Waals surface area contributed by atoms with Crippen molar-refractivity contribution in [2.24, 2.45) is 0 Å². The van der Waals surface area contributed by atoms with E-state index in [4.69, 9.17) is 37.0 Å². The second kappa shape index (κ2) is 78.1. The molecule has 0 radical (unpaired) electrons. The van der Waals surface area contributed by atoms with Gasteiger partial charge in [0.1, 0.15) is 19.3 Å². The highest BCUT2D eigenvalue weighted by atomic mass is 31.2. The molecule has 0 fully saturated rings. The van der Waals surface area contributed by atoms with Crippen LogP contribution in [0, 0.1) is 0 Å². The van der Waals surface area contributed by atoms with E-state index < -0.39 is 97.5 Å². The highest BCUT2D eigenvalue weighted by Gasteiger charge is 2.30. The number of aliphatic hydroxyl groups is 1. The minimum atomic E-state index is -5.00. The fraction of sp³-hybridized carbons (Fsp3) is 0.678. The largest absolute Gasteiger partial charge is 0.472 e. The van der Waals surface area contributed by atoms with Crippen molar-refractivity contribution >= 4 is 39.5 Å². The summed E-state index contributed by atoms with van der Waals surface area (Å²) in [6.45, 7) is 4.58. The standard InChI is InChI=1S/C87H146O17P2/c1-5-9-13-17-21-25-29-33-36-38-40-42-45-48-52-56-60-64-68-72-85(90)98-78-83(103-86(91)73-69-65-61-57-53-49-44-35-31-27-23-19-15-11-7-3)80-102-106(95,96)100-76-81(88)75-99-105(93,94)101-79-82(77-97-84(89)71-67-63-59-55-51-47-32-28-24-20-16-12-8-4)104-87(92)74-70-66-62-58-54-50-46-43-41-39-37-34-30-26-22-18-14-10-6-2/h10,14,21-22,25-28,31-34,36-37,40-43,48,50,52,54,60,64,81-83,88H,5-9,11-13,15-20,23-24,29-30,35,38-39,44-47,49,51,53,55-59,61-63,65-80H2,1-4H3,(H,93,94)(H,95,96)/b14-10-,25-21-,26-22-,31-27-,32-28-,36-33-,37-34-,42-40-,43-41-,52-48-,54-50-,64-60-/t81-,82+,83+/m0/s1. The van der Waals surface area contributed by atoms with Crippen LogP contribution in [0.25, 0.3) is 0 Å². The Balaban J connectivity index is 5.47. The van der Waals surface area contributed by atoms with Crippen LogP contribution in [-0.4, -0.2) is 96.7 Å². The predicted octanol–water partition coefficient (Wildman–Crippen LogP) is 24.2. The number of hydrogen-bond donors (Lipinski definition) is 3. The van der Waals surface area contributed by atoms with E-state index in [1.165, 1.54) is 70.6 Å². The SMILES string of the molecule is CC/C=C\C/C=C\C/C=C\C/C=C\C/C=C\CCCCCC(=O)O[C@H](COC(=O)CCCCCCC/C=C\CCCCCC)COP(=O)(O)OC[C@H](O)COP(=O)(O)OC[C@@H](COC(=O)CC/C=C\C/C=C\C/C=C\C/C=C\C/C=C\CCCCC)OC(=O)CCCCCCCCC/C=C\CCCCCC. The molecule has 19 heteroatoms. The Morgan fingerprint density at radius 2 is 0.509 bits per heavy atom. The van der Waals surface area contributed by atoms with Crippen molar-refractivity contribution in [2.75, 3.05) is 39.6 Å². The first kappa shape index (κ1) is 101. The average molecular weight is 1530 g/mol. The molecule has 0 spiro atoms. The molecular formula is C87H146O17P2. The highest BCUT2D eigenvalue weighted by molar-refractivity contribution is 7.47. The van der Waals surface area contributed by atoms with E-state index in [2.05, 4.69) is 161 Å². The molecule has 0 aromatic rings. The molecule has 0 heterocycles. The summed E-state index contributed by atoms with van der Waals surface area (Å²) < 4.78 is 68.6. The molecule has 0 saturated carbocycles. The lowest BCUT2D eigenvalue weighted by Gasteiger charge is -2.21. The van der Waals surface area contributed by atoms with Gasteiger partial charge in [-0.1, -0.05) is 283 Å². The molecule has 0 bridgehead atoms. The Morgan fingerprint density at radius 1 is 0.274 bits per heavy atom. The van der Waals surface area contributed by atoms with Gasteiger partial charge in [-0.05, 0) is 161 Å². The van der Waals surface area contributed by atoms with Crippen LogP contribution >= 0.6 is 15.6 Å². The van der Waals surface area contributed by atoms with Gasteiger partial charge in [-0.3, -0.25) is 37.3 Å². The Hall–Kier alpha value is -5.06. The van der Waals surface area contributed by atoms with Gasteiger partial charge in [-0.15, -0.1) is 0 Å². The maximum Gasteiger partial charge on any atom is 0.472 e. The molecule has 5 atom stereocenters. The highest BCUT2D eigenvalue weighted by Crippen LogP contribution is 2.45. The Labute approximate surface area is 643 Å². The first-order valence-electron chi connectivity index (χ1n) is 41.1. The third-order valence-electron chi connectivity index (χ3n) is 16.8. The Kier molecular flexibility index (Phi) is 74.3. The first-order valence-corrected chi connectivity index (χ1v) is 44.1. The Bertz CT molecular complexity index is 2580. The van der Waals surface area contributed by atoms with Crippen molar-refractivity contribution in [3.05, 3.63) is 146 Å². The summed E-state index contributed by atoms with van der Waals surface area (Å²) in [5.74, 6) is -2.32. The van der Waals surface area contributed by atoms with Gasteiger partial charge in [-0.25, -0.2) is 9.13 Å². The maximum atomic E-state index is 13.1. The van der Waals surface area contributed by atoms with Gasteiger partial charge in [0.25, 0.3) is 0 Å². The summed E-state index contributed by atoms with van der Waals surface area (Å²) in [5.41, 5.74) is 0. The summed E-state index contributed by atoms with van der Waals surface area (Å²) in [6, 6.07) is 0. The number of unbranched alkanes of at least 4 members (excludes halogenated alkanes) is 26. The monoisotopic (exact) mass is 1530 g/mol. The molecular weight excluding hydrogens is 1380 g/mol. The van der Waals surface area contributed by atoms with E-state index >= 15 is 0 Å². The summed E-state index contributed by atoms with van der Waals surface area (Å²) in [6.07, 6.45) is 89.8. The van der Waals surface area contributed by atoms with Crippen LogP contribution in [0.4, 0.5) is 0 Å². The summed E-state index contributed by atoms with van der Waals surface area (Å²) in [5, 5.41) is 10.6. The van der Waals surface area contributed by atoms with Gasteiger partial charge >= 0.3 is 39.5 Å². The molecule has 0 aromatic heterocycles. The van der Waals surface area contributed by atoms with E-state index in [1.807, 2.05) is 12.2 Å². The fourth-order valence-electron chi connectivity index (χ4n) is 10.5. The number of carbonyl (C=O) groups is 4. The lowest BCUT2D eigenvalue weighted by molar-refractivity contribution is -0.161. The minimum absolute atomic E-state index is 0.0337. The zero-order valence-electron chi connectivity index (χ0n) is 66.3. The van der Waals surface area contributed by atoms with E-state index in [0.29, 0.717) is 32.1 Å². The molecule has 0 aromatic carbocycles. The lowest BCUT2D eigenvalue weighted by atomic mass is 10.1. The van der Waals surface area contributed by atoms with Crippen molar-refractivity contribution in [1.82, 2.24) is 0 Å². The third-order valence-corrected chi connectivity index (χ3v) is 18.7. The molecule has 0 aliphatic heterocycles. The molecule has 0 saturated heterocycles. The summed E-state index contributed by atoms with van der Waals surface area (Å²) >= 11 is 0. The maximum absolute atomic E-state index is 13.1. The van der Waals surface area contributed by atoms with Crippen LogP contribution in [-0.2, 0) is 65.4 Å². The minimum Gasteiger partial charge on any atom is -0.462 e. The molecule has 606 valence electrons. The molecule has 0 aliphatic carbocycles. The lowest BCUT2D eigenvalue weighted by Crippen LogP contribution is -2.30. The zero-order valence-corrected chi connectivity index (χ0v) is 68.1. The number of rotatable bonds is 76. The van der Waals surface area contributed by atoms with Gasteiger partial charge in [0, 0.05) is 25.7 Å². The number of carbonyl (C=O) groups excluding carboxylic acids is 4. The van der Waals surface area contributed by atoms with Crippen LogP contribution in [0.2, 0.25) is 0 Å². The molecule has 0 aliphatic rings. The molecule has 0 rings (SSSR count). The van der Waals surface area contributed by atoms with Gasteiger partial charge in [0.15, 0.2) is 12.2 Å². The van der Waals surface area contributed by atoms with E-state index in [0.717, 1.165) is 167 Å². The second-order valence-corrected chi connectivity index (χ2v) is 29.9. The van der Waals surface area contributed by atoms with Crippen molar-refractivity contribution < 1.29 is 80.2 Å². The number of phosphoric ester groups is 2. The molecule has 17 nitrogen and oxygen atoms in total. The normalized spacial score (nSPS) is 14.6. The Morgan fingerprint density at radius 3 is 0.849 bits per heavy atom. The third kappa shape index (κ3) is 77.1. The number of allylic oxidation sites excluding steroid dienone is 24. The molecule has 106 heavy (non-hydrogen) atoms. The average Bonchev–Trinajstić information content (AvgIpc) is 0.911. The number of phosphoric acid groups is 2. The van der Waals surface area contributed by atoms with Gasteiger partial charge < -0.3 is 33.8 Å². The molecule has 3 N–H and O–H groups in total. The van der Waals surface area contributed by atoms with Crippen molar-refractivity contribution in [1.29, 1.82) is 0 Å². The number of ether oxygens (including phenoxy) is 4. The molecule has 2 unspecified atom stereocenters. The molecule has 0 amide bonds. The van der Waals surface area contributed by atoms with E-state index in [9.17, 15) is 43.2 Å². The van der Waals surface area contributed by atoms with Crippen LogP contribution < -0.4 is 0 Å². The van der Waals surface area contributed by atoms with Crippen LogP contribution in [0.5, 0.6) is 0 Å². The van der Waals surface area contributed by atoms with E-state index in [-0.39, 0.29) is 25.7 Å². The quantitative estimate of drug-likeness (QED) is 0.0169. The number of hydrogen-bond acceptors (Lipinski definition) is 15. The fourth-order valence-corrected chi connectivity index (χ4v) is 12.1. The van der Waals surface area contributed by atoms with Crippen LogP contribution in [0.15, 0.2) is 146 Å². The van der Waals surface area contributed by atoms with E-state index in [1.54, 1.807) is 0 Å². The van der Waals surface area contributed by atoms with Crippen molar-refractivity contribution in [3.8, 4) is 0 Å². The van der Waals surface area contributed by atoms with Gasteiger partial charge in [-0.2, -0.15) is 0 Å².